The van der Waals surface area contributed by atoms with Crippen molar-refractivity contribution in [2.24, 2.45) is 11.8 Å². The van der Waals surface area contributed by atoms with Crippen LogP contribution in [0.1, 0.15) is 46.0 Å². The number of hydrogen-bond acceptors (Lipinski definition) is 1. The van der Waals surface area contributed by atoms with Gasteiger partial charge in [0.1, 0.15) is 0 Å². The number of aliphatic hydroxyl groups excluding tert-OH is 1. The number of aliphatic hydroxyl groups is 1. The minimum atomic E-state index is 0.758. The minimum absolute atomic E-state index is 0.758. The van der Waals surface area contributed by atoms with Gasteiger partial charge < -0.3 is 5.11 Å². The molecule has 1 fully saturated rings. The van der Waals surface area contributed by atoms with Crippen LogP contribution in [0.4, 0.5) is 0 Å². The highest BCUT2D eigenvalue weighted by atomic mass is 16.2. The minimum Gasteiger partial charge on any atom is -0.516 e. The molecule has 0 aromatic carbocycles. The van der Waals surface area contributed by atoms with Gasteiger partial charge in [-0.05, 0) is 50.5 Å². The third-order valence-corrected chi connectivity index (χ3v) is 3.51. The molecule has 1 N–H and O–H groups in total. The van der Waals surface area contributed by atoms with Gasteiger partial charge in [0.2, 0.25) is 0 Å². The summed E-state index contributed by atoms with van der Waals surface area (Å²) in [6.45, 7) is 4.47. The molecule has 0 aliphatic heterocycles. The predicted molar refractivity (Wildman–Crippen MR) is 61.3 cm³/mol. The van der Waals surface area contributed by atoms with E-state index in [1.165, 1.54) is 37.7 Å². The lowest BCUT2D eigenvalue weighted by Crippen LogP contribution is -2.14. The van der Waals surface area contributed by atoms with Gasteiger partial charge in [-0.25, -0.2) is 0 Å². The lowest BCUT2D eigenvalue weighted by atomic mass is 9.78. The summed E-state index contributed by atoms with van der Waals surface area (Å²) in [6, 6.07) is 0. The molecule has 1 heteroatoms. The maximum atomic E-state index is 8.57. The summed E-state index contributed by atoms with van der Waals surface area (Å²) >= 11 is 0. The second-order valence-corrected chi connectivity index (χ2v) is 4.38. The van der Waals surface area contributed by atoms with Gasteiger partial charge in [-0.1, -0.05) is 25.0 Å². The molecule has 0 unspecified atom stereocenters. The molecule has 1 nitrogen and oxygen atoms in total. The van der Waals surface area contributed by atoms with Gasteiger partial charge in [0, 0.05) is 0 Å². The molecule has 0 heterocycles. The van der Waals surface area contributed by atoms with E-state index in [0.29, 0.717) is 0 Å². The van der Waals surface area contributed by atoms with Crippen LogP contribution in [0.2, 0.25) is 0 Å². The normalized spacial score (nSPS) is 29.7. The third kappa shape index (κ3) is 3.21. The molecular weight excluding hydrogens is 172 g/mol. The lowest BCUT2D eigenvalue weighted by Gasteiger charge is -2.28. The van der Waals surface area contributed by atoms with Crippen molar-refractivity contribution >= 4 is 0 Å². The molecule has 0 amide bonds. The summed E-state index contributed by atoms with van der Waals surface area (Å²) in [7, 11) is 0. The van der Waals surface area contributed by atoms with E-state index in [-0.39, 0.29) is 0 Å². The molecule has 1 aliphatic carbocycles. The molecule has 0 spiro atoms. The van der Waals surface area contributed by atoms with Gasteiger partial charge in [0.25, 0.3) is 0 Å². The zero-order valence-electron chi connectivity index (χ0n) is 9.37. The van der Waals surface area contributed by atoms with Gasteiger partial charge in [-0.15, -0.1) is 0 Å². The SMILES string of the molecule is CCC1CCC(/C(C)=C/C=C\O)CC1. The van der Waals surface area contributed by atoms with Crippen molar-refractivity contribution in [3.8, 4) is 0 Å². The van der Waals surface area contributed by atoms with Crippen molar-refractivity contribution in [1.29, 1.82) is 0 Å². The molecular formula is C13H22O. The van der Waals surface area contributed by atoms with Crippen LogP contribution < -0.4 is 0 Å². The Morgan fingerprint density at radius 2 is 1.93 bits per heavy atom. The van der Waals surface area contributed by atoms with Crippen molar-refractivity contribution in [3.05, 3.63) is 24.0 Å². The van der Waals surface area contributed by atoms with Crippen LogP contribution in [0.5, 0.6) is 0 Å². The molecule has 0 saturated heterocycles. The van der Waals surface area contributed by atoms with Crippen LogP contribution in [-0.2, 0) is 0 Å². The van der Waals surface area contributed by atoms with E-state index in [0.717, 1.165) is 18.1 Å². The van der Waals surface area contributed by atoms with E-state index in [4.69, 9.17) is 5.11 Å². The average Bonchev–Trinajstić information content (AvgIpc) is 2.26. The first-order valence-electron chi connectivity index (χ1n) is 5.75. The van der Waals surface area contributed by atoms with Crippen LogP contribution in [0.25, 0.3) is 0 Å². The van der Waals surface area contributed by atoms with Crippen molar-refractivity contribution in [2.45, 2.75) is 46.0 Å². The Kier molecular flexibility index (Phi) is 4.78. The molecule has 14 heavy (non-hydrogen) atoms. The van der Waals surface area contributed by atoms with Crippen molar-refractivity contribution in [2.75, 3.05) is 0 Å². The second-order valence-electron chi connectivity index (χ2n) is 4.38. The second kappa shape index (κ2) is 5.90. The summed E-state index contributed by atoms with van der Waals surface area (Å²) in [4.78, 5) is 0. The van der Waals surface area contributed by atoms with E-state index in [2.05, 4.69) is 13.8 Å². The Labute approximate surface area is 87.5 Å². The molecule has 1 aliphatic rings. The molecule has 0 aromatic rings. The number of allylic oxidation sites excluding steroid dienone is 3. The molecule has 0 aromatic heterocycles. The third-order valence-electron chi connectivity index (χ3n) is 3.51. The Balaban J connectivity index is 2.41. The Morgan fingerprint density at radius 1 is 1.29 bits per heavy atom. The average molecular weight is 194 g/mol. The molecule has 0 radical (unpaired) electrons. The van der Waals surface area contributed by atoms with Crippen molar-refractivity contribution < 1.29 is 5.11 Å². The van der Waals surface area contributed by atoms with Crippen LogP contribution in [0, 0.1) is 11.8 Å². The fourth-order valence-corrected chi connectivity index (χ4v) is 2.36. The Hall–Kier alpha value is -0.720. The fraction of sp³-hybridized carbons (Fsp3) is 0.692. The van der Waals surface area contributed by atoms with E-state index >= 15 is 0 Å². The van der Waals surface area contributed by atoms with E-state index in [1.54, 1.807) is 6.08 Å². The Bertz CT molecular complexity index is 207. The van der Waals surface area contributed by atoms with Gasteiger partial charge in [-0.3, -0.25) is 0 Å². The van der Waals surface area contributed by atoms with Crippen LogP contribution in [-0.4, -0.2) is 5.11 Å². The van der Waals surface area contributed by atoms with Crippen molar-refractivity contribution in [1.82, 2.24) is 0 Å². The van der Waals surface area contributed by atoms with Crippen LogP contribution in [0.3, 0.4) is 0 Å². The molecule has 1 saturated carbocycles. The topological polar surface area (TPSA) is 20.2 Å². The van der Waals surface area contributed by atoms with Gasteiger partial charge in [0.15, 0.2) is 0 Å². The fourth-order valence-electron chi connectivity index (χ4n) is 2.36. The highest BCUT2D eigenvalue weighted by molar-refractivity contribution is 5.12. The zero-order chi connectivity index (χ0) is 10.4. The van der Waals surface area contributed by atoms with E-state index < -0.39 is 0 Å². The van der Waals surface area contributed by atoms with E-state index in [1.807, 2.05) is 6.08 Å². The first kappa shape index (κ1) is 11.4. The monoisotopic (exact) mass is 194 g/mol. The van der Waals surface area contributed by atoms with Gasteiger partial charge in [-0.2, -0.15) is 0 Å². The first-order valence-corrected chi connectivity index (χ1v) is 5.75. The lowest BCUT2D eigenvalue weighted by molar-refractivity contribution is 0.295. The summed E-state index contributed by atoms with van der Waals surface area (Å²) in [6.07, 6.45) is 11.6. The smallest absolute Gasteiger partial charge is 0.0791 e. The highest BCUT2D eigenvalue weighted by Gasteiger charge is 2.20. The maximum absolute atomic E-state index is 8.57. The quantitative estimate of drug-likeness (QED) is 0.527. The Morgan fingerprint density at radius 3 is 2.43 bits per heavy atom. The predicted octanol–water partition coefficient (Wildman–Crippen LogP) is 4.22. The standard InChI is InChI=1S/C13H22O/c1-3-12-6-8-13(9-7-12)11(2)5-4-10-14/h4-5,10,12-14H,3,6-9H2,1-2H3/b10-4-,11-5+. The van der Waals surface area contributed by atoms with E-state index in [9.17, 15) is 0 Å². The molecule has 80 valence electrons. The molecule has 0 atom stereocenters. The summed E-state index contributed by atoms with van der Waals surface area (Å²) in [5.74, 6) is 1.72. The number of hydrogen-bond donors (Lipinski definition) is 1. The summed E-state index contributed by atoms with van der Waals surface area (Å²) in [5.41, 5.74) is 1.42. The van der Waals surface area contributed by atoms with Crippen LogP contribution >= 0.6 is 0 Å². The van der Waals surface area contributed by atoms with Crippen LogP contribution in [0.15, 0.2) is 24.0 Å². The highest BCUT2D eigenvalue weighted by Crippen LogP contribution is 2.34. The van der Waals surface area contributed by atoms with Gasteiger partial charge in [0.05, 0.1) is 6.26 Å². The molecule has 0 bridgehead atoms. The maximum Gasteiger partial charge on any atom is 0.0791 e. The molecule has 1 rings (SSSR count). The first-order chi connectivity index (χ1) is 6.77. The summed E-state index contributed by atoms with van der Waals surface area (Å²) in [5, 5.41) is 8.57. The summed E-state index contributed by atoms with van der Waals surface area (Å²) < 4.78 is 0. The largest absolute Gasteiger partial charge is 0.516 e. The van der Waals surface area contributed by atoms with Gasteiger partial charge >= 0.3 is 0 Å². The zero-order valence-corrected chi connectivity index (χ0v) is 9.37. The number of rotatable bonds is 3. The van der Waals surface area contributed by atoms with Crippen molar-refractivity contribution in [3.63, 3.8) is 0 Å².